The van der Waals surface area contributed by atoms with Crippen molar-refractivity contribution in [1.82, 2.24) is 5.32 Å². The largest absolute Gasteiger partial charge is 0.394 e. The lowest BCUT2D eigenvalue weighted by Crippen LogP contribution is -2.48. The minimum absolute atomic E-state index is 0.0722. The second kappa shape index (κ2) is 5.26. The first-order chi connectivity index (χ1) is 8.58. The van der Waals surface area contributed by atoms with Gasteiger partial charge in [-0.25, -0.2) is 0 Å². The molecule has 1 aromatic carbocycles. The van der Waals surface area contributed by atoms with Crippen molar-refractivity contribution in [2.24, 2.45) is 0 Å². The molecule has 100 valence electrons. The molecule has 0 saturated carbocycles. The summed E-state index contributed by atoms with van der Waals surface area (Å²) in [6.07, 6.45) is 1.09. The van der Waals surface area contributed by atoms with Crippen molar-refractivity contribution in [3.8, 4) is 0 Å². The summed E-state index contributed by atoms with van der Waals surface area (Å²) in [5.74, 6) is 0. The van der Waals surface area contributed by atoms with Crippen molar-refractivity contribution in [1.29, 1.82) is 0 Å². The van der Waals surface area contributed by atoms with Gasteiger partial charge in [0.2, 0.25) is 0 Å². The van der Waals surface area contributed by atoms with Crippen molar-refractivity contribution in [3.05, 3.63) is 29.3 Å². The van der Waals surface area contributed by atoms with E-state index in [4.69, 9.17) is 0 Å². The fourth-order valence-electron chi connectivity index (χ4n) is 2.21. The summed E-state index contributed by atoms with van der Waals surface area (Å²) in [6, 6.07) is 6.46. The van der Waals surface area contributed by atoms with Crippen molar-refractivity contribution in [2.45, 2.75) is 25.4 Å². The quantitative estimate of drug-likeness (QED) is 0.713. The highest BCUT2D eigenvalue weighted by Gasteiger charge is 2.21. The van der Waals surface area contributed by atoms with Gasteiger partial charge >= 0.3 is 0 Å². The van der Waals surface area contributed by atoms with Crippen LogP contribution in [-0.2, 0) is 13.0 Å². The standard InChI is InChI=1S/C14H22N2O2/c1-14(9-17,10-18)15-8-11-3-4-13-12(7-11)5-6-16(13)2/h3-4,7,15,17-18H,5-6,8-10H2,1-2H3. The number of nitrogens with one attached hydrogen (secondary N) is 1. The minimum atomic E-state index is -0.615. The van der Waals surface area contributed by atoms with E-state index in [2.05, 4.69) is 35.5 Å². The first-order valence-corrected chi connectivity index (χ1v) is 6.38. The van der Waals surface area contributed by atoms with E-state index < -0.39 is 5.54 Å². The van der Waals surface area contributed by atoms with Gasteiger partial charge in [0, 0.05) is 25.8 Å². The average molecular weight is 250 g/mol. The maximum absolute atomic E-state index is 9.22. The van der Waals surface area contributed by atoms with Crippen molar-refractivity contribution < 1.29 is 10.2 Å². The minimum Gasteiger partial charge on any atom is -0.394 e. The van der Waals surface area contributed by atoms with Gasteiger partial charge < -0.3 is 20.4 Å². The Balaban J connectivity index is 2.03. The van der Waals surface area contributed by atoms with Gasteiger partial charge in [-0.3, -0.25) is 0 Å². The molecular weight excluding hydrogens is 228 g/mol. The molecule has 0 unspecified atom stereocenters. The Morgan fingerprint density at radius 2 is 2.06 bits per heavy atom. The summed E-state index contributed by atoms with van der Waals surface area (Å²) in [5.41, 5.74) is 3.27. The first kappa shape index (κ1) is 13.3. The number of anilines is 1. The number of benzene rings is 1. The van der Waals surface area contributed by atoms with Gasteiger partial charge in [-0.05, 0) is 30.5 Å². The zero-order chi connectivity index (χ0) is 13.2. The third-order valence-corrected chi connectivity index (χ3v) is 3.69. The summed E-state index contributed by atoms with van der Waals surface area (Å²) >= 11 is 0. The highest BCUT2D eigenvalue weighted by molar-refractivity contribution is 5.58. The Kier molecular flexibility index (Phi) is 3.90. The average Bonchev–Trinajstić information content (AvgIpc) is 2.77. The molecule has 0 spiro atoms. The molecule has 0 amide bonds. The Bertz CT molecular complexity index is 416. The van der Waals surface area contributed by atoms with Crippen LogP contribution in [-0.4, -0.2) is 42.6 Å². The van der Waals surface area contributed by atoms with Crippen LogP contribution in [0.5, 0.6) is 0 Å². The lowest BCUT2D eigenvalue weighted by molar-refractivity contribution is 0.103. The van der Waals surface area contributed by atoms with Crippen LogP contribution in [0.2, 0.25) is 0 Å². The van der Waals surface area contributed by atoms with Crippen LogP contribution in [0.3, 0.4) is 0 Å². The Labute approximate surface area is 108 Å². The number of hydrogen-bond donors (Lipinski definition) is 3. The van der Waals surface area contributed by atoms with E-state index in [1.165, 1.54) is 16.8 Å². The molecule has 1 aliphatic heterocycles. The fourth-order valence-corrected chi connectivity index (χ4v) is 2.21. The number of hydrogen-bond acceptors (Lipinski definition) is 4. The molecule has 4 heteroatoms. The molecule has 0 radical (unpaired) electrons. The van der Waals surface area contributed by atoms with E-state index in [0.717, 1.165) is 13.0 Å². The summed E-state index contributed by atoms with van der Waals surface area (Å²) in [5, 5.41) is 21.6. The van der Waals surface area contributed by atoms with Crippen molar-refractivity contribution >= 4 is 5.69 Å². The molecule has 0 fully saturated rings. The second-order valence-electron chi connectivity index (χ2n) is 5.37. The molecule has 1 aliphatic rings. The number of aliphatic hydroxyl groups is 2. The smallest absolute Gasteiger partial charge is 0.0633 e. The van der Waals surface area contributed by atoms with Gasteiger partial charge in [0.1, 0.15) is 0 Å². The SMILES string of the molecule is CN1CCc2cc(CNC(C)(CO)CO)ccc21. The molecule has 3 N–H and O–H groups in total. The Hall–Kier alpha value is -1.10. The van der Waals surface area contributed by atoms with Crippen LogP contribution in [0, 0.1) is 0 Å². The molecule has 1 aromatic rings. The van der Waals surface area contributed by atoms with Gasteiger partial charge in [-0.2, -0.15) is 0 Å². The second-order valence-corrected chi connectivity index (χ2v) is 5.37. The highest BCUT2D eigenvalue weighted by Crippen LogP contribution is 2.27. The van der Waals surface area contributed by atoms with Crippen molar-refractivity contribution in [3.63, 3.8) is 0 Å². The maximum Gasteiger partial charge on any atom is 0.0633 e. The first-order valence-electron chi connectivity index (χ1n) is 6.38. The molecule has 0 aromatic heterocycles. The normalized spacial score (nSPS) is 15.0. The number of nitrogens with zero attached hydrogens (tertiary/aromatic N) is 1. The van der Waals surface area contributed by atoms with E-state index in [0.29, 0.717) is 6.54 Å². The predicted molar refractivity (Wildman–Crippen MR) is 72.8 cm³/mol. The molecule has 0 saturated heterocycles. The Morgan fingerprint density at radius 3 is 2.72 bits per heavy atom. The molecule has 4 nitrogen and oxygen atoms in total. The summed E-state index contributed by atoms with van der Waals surface area (Å²) in [7, 11) is 2.11. The van der Waals surface area contributed by atoms with E-state index in [1.807, 2.05) is 6.92 Å². The lowest BCUT2D eigenvalue weighted by atomic mass is 10.0. The molecular formula is C14H22N2O2. The zero-order valence-electron chi connectivity index (χ0n) is 11.1. The summed E-state index contributed by atoms with van der Waals surface area (Å²) in [4.78, 5) is 2.26. The third-order valence-electron chi connectivity index (χ3n) is 3.69. The monoisotopic (exact) mass is 250 g/mol. The topological polar surface area (TPSA) is 55.7 Å². The van der Waals surface area contributed by atoms with Crippen LogP contribution in [0.25, 0.3) is 0 Å². The molecule has 1 heterocycles. The van der Waals surface area contributed by atoms with Crippen LogP contribution < -0.4 is 10.2 Å². The summed E-state index contributed by atoms with van der Waals surface area (Å²) < 4.78 is 0. The molecule has 2 rings (SSSR count). The fraction of sp³-hybridized carbons (Fsp3) is 0.571. The van der Waals surface area contributed by atoms with Gasteiger partial charge in [0.15, 0.2) is 0 Å². The zero-order valence-corrected chi connectivity index (χ0v) is 11.1. The summed E-state index contributed by atoms with van der Waals surface area (Å²) in [6.45, 7) is 3.41. The number of rotatable bonds is 5. The van der Waals surface area contributed by atoms with Gasteiger partial charge in [-0.1, -0.05) is 12.1 Å². The van der Waals surface area contributed by atoms with Gasteiger partial charge in [-0.15, -0.1) is 0 Å². The van der Waals surface area contributed by atoms with Crippen molar-refractivity contribution in [2.75, 3.05) is 31.7 Å². The van der Waals surface area contributed by atoms with Crippen LogP contribution >= 0.6 is 0 Å². The molecule has 18 heavy (non-hydrogen) atoms. The number of fused-ring (bicyclic) bond motifs is 1. The van der Waals surface area contributed by atoms with Gasteiger partial charge in [0.05, 0.1) is 18.8 Å². The van der Waals surface area contributed by atoms with E-state index in [1.54, 1.807) is 0 Å². The lowest BCUT2D eigenvalue weighted by Gasteiger charge is -2.26. The highest BCUT2D eigenvalue weighted by atomic mass is 16.3. The molecule has 0 bridgehead atoms. The Morgan fingerprint density at radius 1 is 1.33 bits per heavy atom. The van der Waals surface area contributed by atoms with E-state index in [9.17, 15) is 10.2 Å². The maximum atomic E-state index is 9.22. The van der Waals surface area contributed by atoms with E-state index in [-0.39, 0.29) is 13.2 Å². The molecule has 0 atom stereocenters. The van der Waals surface area contributed by atoms with Crippen LogP contribution in [0.4, 0.5) is 5.69 Å². The molecule has 0 aliphatic carbocycles. The number of likely N-dealkylation sites (N-methyl/N-ethyl adjacent to an activating group) is 1. The van der Waals surface area contributed by atoms with Crippen LogP contribution in [0.15, 0.2) is 18.2 Å². The third kappa shape index (κ3) is 2.66. The van der Waals surface area contributed by atoms with Crippen LogP contribution in [0.1, 0.15) is 18.1 Å². The van der Waals surface area contributed by atoms with E-state index >= 15 is 0 Å². The van der Waals surface area contributed by atoms with Gasteiger partial charge in [0.25, 0.3) is 0 Å². The predicted octanol–water partition coefficient (Wildman–Crippen LogP) is 0.512. The number of aliphatic hydroxyl groups excluding tert-OH is 2.